The number of hydrogen-bond acceptors (Lipinski definition) is 5. The fourth-order valence-corrected chi connectivity index (χ4v) is 3.80. The van der Waals surface area contributed by atoms with E-state index in [1.807, 2.05) is 54.6 Å². The molecule has 0 saturated carbocycles. The SMILES string of the molecule is O=C(Nc1ccc(N2CCCC2)nc1)c1cc(-c2ccccn2)nc2ccccc12. The van der Waals surface area contributed by atoms with E-state index in [0.717, 1.165) is 35.5 Å². The van der Waals surface area contributed by atoms with Gasteiger partial charge in [-0.05, 0) is 49.2 Å². The minimum Gasteiger partial charge on any atom is -0.357 e. The summed E-state index contributed by atoms with van der Waals surface area (Å²) in [5, 5.41) is 3.78. The smallest absolute Gasteiger partial charge is 0.256 e. The second kappa shape index (κ2) is 7.91. The first kappa shape index (κ1) is 18.2. The molecule has 30 heavy (non-hydrogen) atoms. The van der Waals surface area contributed by atoms with Crippen LogP contribution in [0.3, 0.4) is 0 Å². The van der Waals surface area contributed by atoms with Crippen molar-refractivity contribution in [2.75, 3.05) is 23.3 Å². The first-order valence-corrected chi connectivity index (χ1v) is 10.1. The maximum atomic E-state index is 13.2. The van der Waals surface area contributed by atoms with Crippen molar-refractivity contribution in [3.8, 4) is 11.4 Å². The summed E-state index contributed by atoms with van der Waals surface area (Å²) in [5.41, 5.74) is 3.39. The van der Waals surface area contributed by atoms with Crippen molar-refractivity contribution in [2.24, 2.45) is 0 Å². The number of pyridine rings is 3. The van der Waals surface area contributed by atoms with Gasteiger partial charge in [0, 0.05) is 24.7 Å². The molecule has 1 aliphatic heterocycles. The second-order valence-electron chi connectivity index (χ2n) is 7.34. The van der Waals surface area contributed by atoms with E-state index in [9.17, 15) is 4.79 Å². The fourth-order valence-electron chi connectivity index (χ4n) is 3.80. The number of anilines is 2. The Morgan fingerprint density at radius 2 is 1.73 bits per heavy atom. The van der Waals surface area contributed by atoms with Gasteiger partial charge in [-0.3, -0.25) is 9.78 Å². The van der Waals surface area contributed by atoms with Gasteiger partial charge in [0.15, 0.2) is 0 Å². The van der Waals surface area contributed by atoms with E-state index in [4.69, 9.17) is 4.98 Å². The summed E-state index contributed by atoms with van der Waals surface area (Å²) >= 11 is 0. The Morgan fingerprint density at radius 1 is 0.900 bits per heavy atom. The van der Waals surface area contributed by atoms with Gasteiger partial charge in [-0.25, -0.2) is 9.97 Å². The lowest BCUT2D eigenvalue weighted by atomic mass is 10.1. The van der Waals surface area contributed by atoms with Crippen molar-refractivity contribution in [3.63, 3.8) is 0 Å². The molecule has 4 heterocycles. The Hall–Kier alpha value is -3.80. The normalized spacial score (nSPS) is 13.5. The first-order valence-electron chi connectivity index (χ1n) is 10.1. The number of fused-ring (bicyclic) bond motifs is 1. The molecule has 5 rings (SSSR count). The van der Waals surface area contributed by atoms with Gasteiger partial charge >= 0.3 is 0 Å². The van der Waals surface area contributed by atoms with Crippen LogP contribution >= 0.6 is 0 Å². The molecule has 4 aromatic rings. The second-order valence-corrected chi connectivity index (χ2v) is 7.34. The van der Waals surface area contributed by atoms with Crippen LogP contribution in [0, 0.1) is 0 Å². The van der Waals surface area contributed by atoms with Crippen LogP contribution in [0.5, 0.6) is 0 Å². The molecule has 1 saturated heterocycles. The zero-order chi connectivity index (χ0) is 20.3. The number of aromatic nitrogens is 3. The van der Waals surface area contributed by atoms with Gasteiger partial charge in [0.05, 0.1) is 34.4 Å². The molecule has 0 unspecified atom stereocenters. The van der Waals surface area contributed by atoms with Crippen LogP contribution in [0.25, 0.3) is 22.3 Å². The molecule has 1 amide bonds. The Kier molecular flexibility index (Phi) is 4.81. The average Bonchev–Trinajstić information content (AvgIpc) is 3.34. The van der Waals surface area contributed by atoms with Crippen LogP contribution in [0.1, 0.15) is 23.2 Å². The molecule has 6 nitrogen and oxygen atoms in total. The number of nitrogens with zero attached hydrogens (tertiary/aromatic N) is 4. The number of hydrogen-bond donors (Lipinski definition) is 1. The molecule has 1 aromatic carbocycles. The third-order valence-electron chi connectivity index (χ3n) is 5.32. The maximum absolute atomic E-state index is 13.2. The van der Waals surface area contributed by atoms with Gasteiger partial charge in [-0.2, -0.15) is 0 Å². The topological polar surface area (TPSA) is 71.0 Å². The molecule has 148 valence electrons. The van der Waals surface area contributed by atoms with Gasteiger partial charge in [-0.1, -0.05) is 24.3 Å². The molecule has 1 N–H and O–H groups in total. The summed E-state index contributed by atoms with van der Waals surface area (Å²) in [5.74, 6) is 0.763. The third kappa shape index (κ3) is 3.59. The van der Waals surface area contributed by atoms with E-state index in [1.165, 1.54) is 12.8 Å². The van der Waals surface area contributed by atoms with Gasteiger partial charge in [-0.15, -0.1) is 0 Å². The summed E-state index contributed by atoms with van der Waals surface area (Å²) in [6, 6.07) is 19.0. The highest BCUT2D eigenvalue weighted by Gasteiger charge is 2.16. The van der Waals surface area contributed by atoms with Gasteiger partial charge in [0.2, 0.25) is 0 Å². The van der Waals surface area contributed by atoms with Crippen LogP contribution < -0.4 is 10.2 Å². The number of amides is 1. The average molecular weight is 395 g/mol. The molecule has 0 aliphatic carbocycles. The van der Waals surface area contributed by atoms with E-state index in [-0.39, 0.29) is 5.91 Å². The van der Waals surface area contributed by atoms with Crippen molar-refractivity contribution in [1.29, 1.82) is 0 Å². The standard InChI is InChI=1S/C24H21N5O/c30-24(27-17-10-11-23(26-16-17)29-13-5-6-14-29)19-15-22(21-9-3-4-12-25-21)28-20-8-2-1-7-18(19)20/h1-4,7-12,15-16H,5-6,13-14H2,(H,27,30). The molecule has 1 fully saturated rings. The van der Waals surface area contributed by atoms with Crippen molar-refractivity contribution >= 4 is 28.3 Å². The molecule has 0 bridgehead atoms. The van der Waals surface area contributed by atoms with E-state index in [2.05, 4.69) is 20.2 Å². The maximum Gasteiger partial charge on any atom is 0.256 e. The number of nitrogens with one attached hydrogen (secondary N) is 1. The molecule has 0 spiro atoms. The van der Waals surface area contributed by atoms with E-state index in [1.54, 1.807) is 18.5 Å². The minimum atomic E-state index is -0.193. The Balaban J connectivity index is 1.46. The molecular weight excluding hydrogens is 374 g/mol. The molecule has 1 aliphatic rings. The van der Waals surface area contributed by atoms with Crippen molar-refractivity contribution in [3.05, 3.63) is 78.6 Å². The summed E-state index contributed by atoms with van der Waals surface area (Å²) in [7, 11) is 0. The quantitative estimate of drug-likeness (QED) is 0.549. The highest BCUT2D eigenvalue weighted by molar-refractivity contribution is 6.13. The summed E-state index contributed by atoms with van der Waals surface area (Å²) in [6.07, 6.45) is 5.84. The highest BCUT2D eigenvalue weighted by atomic mass is 16.1. The molecular formula is C24H21N5O. The summed E-state index contributed by atoms with van der Waals surface area (Å²) in [4.78, 5) is 29.0. The van der Waals surface area contributed by atoms with Gasteiger partial charge in [0.25, 0.3) is 5.91 Å². The highest BCUT2D eigenvalue weighted by Crippen LogP contribution is 2.25. The lowest BCUT2D eigenvalue weighted by Crippen LogP contribution is -2.19. The molecule has 6 heteroatoms. The Morgan fingerprint density at radius 3 is 2.50 bits per heavy atom. The predicted molar refractivity (Wildman–Crippen MR) is 119 cm³/mol. The zero-order valence-corrected chi connectivity index (χ0v) is 16.5. The van der Waals surface area contributed by atoms with Crippen molar-refractivity contribution < 1.29 is 4.79 Å². The molecule has 0 radical (unpaired) electrons. The number of carbonyl (C=O) groups excluding carboxylic acids is 1. The molecule has 0 atom stereocenters. The van der Waals surface area contributed by atoms with Gasteiger partial charge < -0.3 is 10.2 Å². The first-order chi connectivity index (χ1) is 14.8. The lowest BCUT2D eigenvalue weighted by Gasteiger charge is -2.16. The van der Waals surface area contributed by atoms with E-state index >= 15 is 0 Å². The lowest BCUT2D eigenvalue weighted by molar-refractivity contribution is 0.102. The van der Waals surface area contributed by atoms with Crippen molar-refractivity contribution in [2.45, 2.75) is 12.8 Å². The monoisotopic (exact) mass is 395 g/mol. The number of rotatable bonds is 4. The number of para-hydroxylation sites is 1. The van der Waals surface area contributed by atoms with Crippen LogP contribution in [0.4, 0.5) is 11.5 Å². The fraction of sp³-hybridized carbons (Fsp3) is 0.167. The molecule has 3 aromatic heterocycles. The van der Waals surface area contributed by atoms with Crippen molar-refractivity contribution in [1.82, 2.24) is 15.0 Å². The predicted octanol–water partition coefficient (Wildman–Crippen LogP) is 4.54. The van der Waals surface area contributed by atoms with E-state index < -0.39 is 0 Å². The van der Waals surface area contributed by atoms with Crippen LogP contribution in [0.15, 0.2) is 73.1 Å². The minimum absolute atomic E-state index is 0.193. The summed E-state index contributed by atoms with van der Waals surface area (Å²) in [6.45, 7) is 2.08. The Labute approximate surface area is 174 Å². The van der Waals surface area contributed by atoms with Crippen LogP contribution in [-0.2, 0) is 0 Å². The van der Waals surface area contributed by atoms with Crippen LogP contribution in [-0.4, -0.2) is 33.9 Å². The third-order valence-corrected chi connectivity index (χ3v) is 5.32. The van der Waals surface area contributed by atoms with Gasteiger partial charge in [0.1, 0.15) is 5.82 Å². The van der Waals surface area contributed by atoms with Crippen LogP contribution in [0.2, 0.25) is 0 Å². The zero-order valence-electron chi connectivity index (χ0n) is 16.5. The largest absolute Gasteiger partial charge is 0.357 e. The number of benzene rings is 1. The summed E-state index contributed by atoms with van der Waals surface area (Å²) < 4.78 is 0. The van der Waals surface area contributed by atoms with E-state index in [0.29, 0.717) is 16.9 Å². The number of carbonyl (C=O) groups is 1. The Bertz CT molecular complexity index is 1190.